The highest BCUT2D eigenvalue weighted by atomic mass is 32.2. The highest BCUT2D eigenvalue weighted by Gasteiger charge is 2.32. The molecule has 0 bridgehead atoms. The van der Waals surface area contributed by atoms with Crippen LogP contribution in [0.5, 0.6) is 0 Å². The second-order valence-corrected chi connectivity index (χ2v) is 14.1. The first-order valence-electron chi connectivity index (χ1n) is 16.8. The van der Waals surface area contributed by atoms with E-state index < -0.39 is 0 Å². The Morgan fingerprint density at radius 1 is 0.469 bits per heavy atom. The standard InChI is InChI=1S/C46H30N2S/c1-3-10-29(11-4-1)33-22-24-36-37-25-23-34(30-12-5-2-6-13-30)27-41(37)45-44(40(36)26-33)47-28-42(48-45)32-20-18-31(19-21-32)35-15-9-16-39-38-14-7-8-17-43(38)49-46(35)39/h1-28,38,43H. The molecule has 2 nitrogen and oxygen atoms in total. The molecule has 0 saturated carbocycles. The van der Waals surface area contributed by atoms with E-state index in [9.17, 15) is 0 Å². The number of benzene rings is 7. The van der Waals surface area contributed by atoms with Gasteiger partial charge < -0.3 is 0 Å². The number of thioether (sulfide) groups is 1. The Balaban J connectivity index is 1.12. The maximum Gasteiger partial charge on any atom is 0.0979 e. The Morgan fingerprint density at radius 3 is 1.78 bits per heavy atom. The molecule has 230 valence electrons. The molecule has 0 amide bonds. The molecule has 0 radical (unpaired) electrons. The Hall–Kier alpha value is -5.77. The summed E-state index contributed by atoms with van der Waals surface area (Å²) in [6.45, 7) is 0. The molecule has 10 rings (SSSR count). The van der Waals surface area contributed by atoms with Gasteiger partial charge in [-0.1, -0.05) is 152 Å². The molecule has 2 heterocycles. The zero-order valence-corrected chi connectivity index (χ0v) is 27.4. The van der Waals surface area contributed by atoms with Crippen LogP contribution in [0, 0.1) is 0 Å². The average molecular weight is 643 g/mol. The van der Waals surface area contributed by atoms with Gasteiger partial charge in [0.25, 0.3) is 0 Å². The first-order chi connectivity index (χ1) is 24.3. The number of aromatic nitrogens is 2. The number of hydrogen-bond donors (Lipinski definition) is 0. The predicted octanol–water partition coefficient (Wildman–Crippen LogP) is 12.3. The smallest absolute Gasteiger partial charge is 0.0979 e. The zero-order valence-electron chi connectivity index (χ0n) is 26.6. The Kier molecular flexibility index (Phi) is 6.60. The van der Waals surface area contributed by atoms with Gasteiger partial charge in [0.15, 0.2) is 0 Å². The van der Waals surface area contributed by atoms with E-state index in [-0.39, 0.29) is 0 Å². The van der Waals surface area contributed by atoms with Crippen molar-refractivity contribution >= 4 is 44.3 Å². The molecule has 2 aliphatic rings. The Labute approximate surface area is 289 Å². The third-order valence-electron chi connectivity index (χ3n) is 10.1. The fourth-order valence-corrected chi connectivity index (χ4v) is 9.07. The van der Waals surface area contributed by atoms with E-state index in [2.05, 4.69) is 164 Å². The van der Waals surface area contributed by atoms with Gasteiger partial charge in [0.05, 0.1) is 22.9 Å². The van der Waals surface area contributed by atoms with Gasteiger partial charge in [0.1, 0.15) is 0 Å². The minimum absolute atomic E-state index is 0.453. The normalized spacial score (nSPS) is 16.3. The number of hydrogen-bond acceptors (Lipinski definition) is 3. The van der Waals surface area contributed by atoms with Crippen LogP contribution in [0.2, 0.25) is 0 Å². The third-order valence-corrected chi connectivity index (χ3v) is 11.5. The fourth-order valence-electron chi connectivity index (χ4n) is 7.60. The van der Waals surface area contributed by atoms with Gasteiger partial charge in [-0.2, -0.15) is 0 Å². The monoisotopic (exact) mass is 642 g/mol. The summed E-state index contributed by atoms with van der Waals surface area (Å²) in [6, 6.07) is 50.3. The van der Waals surface area contributed by atoms with E-state index in [1.165, 1.54) is 54.6 Å². The van der Waals surface area contributed by atoms with Crippen molar-refractivity contribution in [3.05, 3.63) is 176 Å². The number of rotatable bonds is 4. The Bertz CT molecular complexity index is 2620. The molecule has 49 heavy (non-hydrogen) atoms. The predicted molar refractivity (Wildman–Crippen MR) is 207 cm³/mol. The van der Waals surface area contributed by atoms with Gasteiger partial charge in [-0.05, 0) is 61.8 Å². The van der Waals surface area contributed by atoms with Gasteiger partial charge in [-0.15, -0.1) is 11.8 Å². The average Bonchev–Trinajstić information content (AvgIpc) is 3.57. The van der Waals surface area contributed by atoms with Gasteiger partial charge in [-0.25, -0.2) is 4.98 Å². The molecule has 1 aromatic heterocycles. The summed E-state index contributed by atoms with van der Waals surface area (Å²) in [5.41, 5.74) is 12.5. The third kappa shape index (κ3) is 4.73. The van der Waals surface area contributed by atoms with Gasteiger partial charge in [0, 0.05) is 32.4 Å². The summed E-state index contributed by atoms with van der Waals surface area (Å²) in [6.07, 6.45) is 11.0. The highest BCUT2D eigenvalue weighted by Crippen LogP contribution is 2.51. The molecule has 0 N–H and O–H groups in total. The van der Waals surface area contributed by atoms with Crippen LogP contribution in [0.4, 0.5) is 0 Å². The van der Waals surface area contributed by atoms with Crippen molar-refractivity contribution < 1.29 is 0 Å². The van der Waals surface area contributed by atoms with E-state index in [1.807, 2.05) is 18.0 Å². The van der Waals surface area contributed by atoms with Gasteiger partial charge in [0.2, 0.25) is 0 Å². The van der Waals surface area contributed by atoms with Crippen molar-refractivity contribution in [3.63, 3.8) is 0 Å². The van der Waals surface area contributed by atoms with Crippen molar-refractivity contribution in [2.45, 2.75) is 16.1 Å². The van der Waals surface area contributed by atoms with Crippen LogP contribution in [0.25, 0.3) is 77.2 Å². The largest absolute Gasteiger partial charge is 0.252 e. The molecule has 0 saturated heterocycles. The topological polar surface area (TPSA) is 25.8 Å². The Morgan fingerprint density at radius 2 is 1.08 bits per heavy atom. The summed E-state index contributed by atoms with van der Waals surface area (Å²) in [5.74, 6) is 0.453. The van der Waals surface area contributed by atoms with Crippen LogP contribution in [0.15, 0.2) is 175 Å². The molecule has 0 spiro atoms. The fraction of sp³-hybridized carbons (Fsp3) is 0.0435. The van der Waals surface area contributed by atoms with E-state index >= 15 is 0 Å². The minimum atomic E-state index is 0.453. The molecule has 1 aliphatic heterocycles. The molecule has 8 aromatic rings. The van der Waals surface area contributed by atoms with Crippen molar-refractivity contribution in [2.24, 2.45) is 0 Å². The van der Waals surface area contributed by atoms with Gasteiger partial charge >= 0.3 is 0 Å². The van der Waals surface area contributed by atoms with Gasteiger partial charge in [-0.3, -0.25) is 4.98 Å². The lowest BCUT2D eigenvalue weighted by molar-refractivity contribution is 0.881. The lowest BCUT2D eigenvalue weighted by Crippen LogP contribution is -2.06. The summed E-state index contributed by atoms with van der Waals surface area (Å²) in [5, 5.41) is 5.08. The summed E-state index contributed by atoms with van der Waals surface area (Å²) in [7, 11) is 0. The van der Waals surface area contributed by atoms with Crippen molar-refractivity contribution in [1.82, 2.24) is 9.97 Å². The van der Waals surface area contributed by atoms with Crippen LogP contribution in [0.3, 0.4) is 0 Å². The highest BCUT2D eigenvalue weighted by molar-refractivity contribution is 8.00. The molecule has 7 aromatic carbocycles. The second kappa shape index (κ2) is 11.4. The minimum Gasteiger partial charge on any atom is -0.252 e. The van der Waals surface area contributed by atoms with Crippen molar-refractivity contribution in [3.8, 4) is 44.6 Å². The lowest BCUT2D eigenvalue weighted by Gasteiger charge is -2.14. The summed E-state index contributed by atoms with van der Waals surface area (Å²) in [4.78, 5) is 11.9. The van der Waals surface area contributed by atoms with Crippen LogP contribution < -0.4 is 0 Å². The molecule has 2 unspecified atom stereocenters. The first kappa shape index (κ1) is 28.3. The number of fused-ring (bicyclic) bond motifs is 9. The SMILES string of the molecule is C1=CC2Sc3c(-c4ccc(-c5cnc6c7cc(-c8ccccc8)ccc7c7ccc(-c8ccccc8)cc7c6n5)cc4)cccc3C2C=C1. The maximum atomic E-state index is 5.39. The van der Waals surface area contributed by atoms with E-state index in [4.69, 9.17) is 9.97 Å². The maximum absolute atomic E-state index is 5.39. The van der Waals surface area contributed by atoms with Crippen molar-refractivity contribution in [2.75, 3.05) is 0 Å². The quantitative estimate of drug-likeness (QED) is 0.179. The van der Waals surface area contributed by atoms with Crippen LogP contribution >= 0.6 is 11.8 Å². The van der Waals surface area contributed by atoms with Crippen molar-refractivity contribution in [1.29, 1.82) is 0 Å². The zero-order chi connectivity index (χ0) is 32.3. The molecule has 3 heteroatoms. The molecular weight excluding hydrogens is 613 g/mol. The lowest BCUT2D eigenvalue weighted by atomic mass is 9.90. The van der Waals surface area contributed by atoms with E-state index in [1.54, 1.807) is 0 Å². The summed E-state index contributed by atoms with van der Waals surface area (Å²) < 4.78 is 0. The first-order valence-corrected chi connectivity index (χ1v) is 17.7. The molecule has 2 atom stereocenters. The van der Waals surface area contributed by atoms with Crippen LogP contribution in [-0.4, -0.2) is 15.2 Å². The number of allylic oxidation sites excluding steroid dienone is 3. The number of nitrogens with zero attached hydrogens (tertiary/aromatic N) is 2. The molecular formula is C46H30N2S. The molecule has 0 fully saturated rings. The second-order valence-electron chi connectivity index (χ2n) is 12.9. The van der Waals surface area contributed by atoms with Crippen LogP contribution in [-0.2, 0) is 0 Å². The molecule has 1 aliphatic carbocycles. The van der Waals surface area contributed by atoms with Crippen LogP contribution in [0.1, 0.15) is 11.5 Å². The van der Waals surface area contributed by atoms with E-state index in [0.717, 1.165) is 33.1 Å². The summed E-state index contributed by atoms with van der Waals surface area (Å²) >= 11 is 1.98. The van der Waals surface area contributed by atoms with E-state index in [0.29, 0.717) is 11.2 Å².